The number of imidazole rings is 1. The number of hydrogen-bond donors (Lipinski definition) is 2. The van der Waals surface area contributed by atoms with Crippen molar-refractivity contribution in [2.45, 2.75) is 19.9 Å². The third kappa shape index (κ3) is 1.30. The maximum absolute atomic E-state index is 5.73. The van der Waals surface area contributed by atoms with Crippen molar-refractivity contribution >= 4 is 11.6 Å². The Kier molecular flexibility index (Phi) is 2.29. The number of nitrogens with two attached hydrogens (primary N) is 1. The number of halogens is 1. The lowest BCUT2D eigenvalue weighted by atomic mass is 10.4. The summed E-state index contributed by atoms with van der Waals surface area (Å²) in [6, 6.07) is 0. The van der Waals surface area contributed by atoms with Gasteiger partial charge in [-0.3, -0.25) is 0 Å². The maximum atomic E-state index is 5.73. The molecule has 1 heterocycles. The van der Waals surface area contributed by atoms with Crippen LogP contribution in [0.5, 0.6) is 0 Å². The molecule has 0 fully saturated rings. The summed E-state index contributed by atoms with van der Waals surface area (Å²) in [6.45, 7) is 2.43. The highest BCUT2D eigenvalue weighted by Crippen LogP contribution is 2.12. The first-order valence-corrected chi connectivity index (χ1v) is 3.59. The molecule has 0 aliphatic carbocycles. The molecule has 0 unspecified atom stereocenters. The Morgan fingerprint density at radius 3 is 2.70 bits per heavy atom. The lowest BCUT2D eigenvalue weighted by molar-refractivity contribution is 0.932. The Morgan fingerprint density at radius 2 is 2.40 bits per heavy atom. The summed E-state index contributed by atoms with van der Waals surface area (Å²) in [5, 5.41) is 0.544. The van der Waals surface area contributed by atoms with Crippen LogP contribution in [0.15, 0.2) is 0 Å². The number of H-pyrrole nitrogens is 1. The highest BCUT2D eigenvalue weighted by Gasteiger charge is 2.03. The monoisotopic (exact) mass is 159 g/mol. The molecule has 3 nitrogen and oxygen atoms in total. The van der Waals surface area contributed by atoms with Crippen molar-refractivity contribution in [2.24, 2.45) is 5.73 Å². The summed E-state index contributed by atoms with van der Waals surface area (Å²) in [6.07, 6.45) is 0.867. The van der Waals surface area contributed by atoms with Gasteiger partial charge in [0.25, 0.3) is 0 Å². The van der Waals surface area contributed by atoms with Crippen LogP contribution in [0.2, 0.25) is 5.15 Å². The van der Waals surface area contributed by atoms with Crippen molar-refractivity contribution in [2.75, 3.05) is 0 Å². The highest BCUT2D eigenvalue weighted by molar-refractivity contribution is 6.30. The van der Waals surface area contributed by atoms with Crippen LogP contribution in [0, 0.1) is 0 Å². The minimum Gasteiger partial charge on any atom is -0.344 e. The SMILES string of the molecule is CCc1[nH]c(CN)nc1Cl. The Morgan fingerprint density at radius 1 is 1.70 bits per heavy atom. The molecule has 0 spiro atoms. The molecule has 0 aromatic carbocycles. The van der Waals surface area contributed by atoms with Crippen LogP contribution in [0.3, 0.4) is 0 Å². The van der Waals surface area contributed by atoms with Crippen molar-refractivity contribution in [1.82, 2.24) is 9.97 Å². The number of nitrogens with one attached hydrogen (secondary N) is 1. The molecule has 0 atom stereocenters. The molecule has 1 aromatic heterocycles. The van der Waals surface area contributed by atoms with Gasteiger partial charge in [0.1, 0.15) is 11.0 Å². The first-order chi connectivity index (χ1) is 4.77. The van der Waals surface area contributed by atoms with E-state index in [4.69, 9.17) is 17.3 Å². The van der Waals surface area contributed by atoms with E-state index in [-0.39, 0.29) is 0 Å². The average molecular weight is 160 g/mol. The first-order valence-electron chi connectivity index (χ1n) is 3.21. The second kappa shape index (κ2) is 3.03. The zero-order valence-electron chi connectivity index (χ0n) is 5.82. The van der Waals surface area contributed by atoms with E-state index in [1.165, 1.54) is 0 Å². The van der Waals surface area contributed by atoms with E-state index in [1.807, 2.05) is 6.92 Å². The Hall–Kier alpha value is -0.540. The highest BCUT2D eigenvalue weighted by atomic mass is 35.5. The minimum absolute atomic E-state index is 0.416. The van der Waals surface area contributed by atoms with Gasteiger partial charge in [0.15, 0.2) is 0 Å². The molecule has 0 saturated carbocycles. The molecule has 0 aliphatic heterocycles. The number of aromatic nitrogens is 2. The number of hydrogen-bond acceptors (Lipinski definition) is 2. The van der Waals surface area contributed by atoms with Gasteiger partial charge in [-0.2, -0.15) is 0 Å². The Labute approximate surface area is 64.6 Å². The van der Waals surface area contributed by atoms with E-state index in [1.54, 1.807) is 0 Å². The summed E-state index contributed by atoms with van der Waals surface area (Å²) in [5.41, 5.74) is 6.29. The summed E-state index contributed by atoms with van der Waals surface area (Å²) < 4.78 is 0. The van der Waals surface area contributed by atoms with E-state index in [0.717, 1.165) is 17.9 Å². The van der Waals surface area contributed by atoms with E-state index in [2.05, 4.69) is 9.97 Å². The largest absolute Gasteiger partial charge is 0.344 e. The van der Waals surface area contributed by atoms with Crippen LogP contribution in [0.1, 0.15) is 18.4 Å². The zero-order chi connectivity index (χ0) is 7.56. The molecule has 0 radical (unpaired) electrons. The van der Waals surface area contributed by atoms with E-state index in [0.29, 0.717) is 11.7 Å². The van der Waals surface area contributed by atoms with Crippen LogP contribution >= 0.6 is 11.6 Å². The van der Waals surface area contributed by atoms with Gasteiger partial charge in [0, 0.05) is 0 Å². The van der Waals surface area contributed by atoms with E-state index < -0.39 is 0 Å². The minimum atomic E-state index is 0.416. The fourth-order valence-corrected chi connectivity index (χ4v) is 1.05. The number of rotatable bonds is 2. The molecule has 4 heteroatoms. The molecule has 0 amide bonds. The molecular weight excluding hydrogens is 150 g/mol. The maximum Gasteiger partial charge on any atom is 0.150 e. The predicted molar refractivity (Wildman–Crippen MR) is 40.9 cm³/mol. The Bertz CT molecular complexity index is 219. The molecule has 56 valence electrons. The van der Waals surface area contributed by atoms with Gasteiger partial charge in [-0.25, -0.2) is 4.98 Å². The second-order valence-corrected chi connectivity index (χ2v) is 2.37. The smallest absolute Gasteiger partial charge is 0.150 e. The van der Waals surface area contributed by atoms with Gasteiger partial charge in [-0.15, -0.1) is 0 Å². The molecule has 3 N–H and O–H groups in total. The van der Waals surface area contributed by atoms with Crippen molar-refractivity contribution in [3.8, 4) is 0 Å². The normalized spacial score (nSPS) is 10.3. The van der Waals surface area contributed by atoms with E-state index in [9.17, 15) is 0 Å². The van der Waals surface area contributed by atoms with Gasteiger partial charge in [0.05, 0.1) is 12.2 Å². The molecule has 0 saturated heterocycles. The third-order valence-corrected chi connectivity index (χ3v) is 1.64. The number of nitrogens with zero attached hydrogens (tertiary/aromatic N) is 1. The fraction of sp³-hybridized carbons (Fsp3) is 0.500. The predicted octanol–water partition coefficient (Wildman–Crippen LogP) is 1.08. The lowest BCUT2D eigenvalue weighted by Crippen LogP contribution is -1.98. The topological polar surface area (TPSA) is 54.7 Å². The van der Waals surface area contributed by atoms with Crippen molar-refractivity contribution in [3.05, 3.63) is 16.7 Å². The quantitative estimate of drug-likeness (QED) is 0.679. The molecule has 1 rings (SSSR count). The van der Waals surface area contributed by atoms with Crippen LogP contribution in [0.25, 0.3) is 0 Å². The van der Waals surface area contributed by atoms with Crippen LogP contribution in [-0.4, -0.2) is 9.97 Å². The first kappa shape index (κ1) is 7.57. The van der Waals surface area contributed by atoms with Gasteiger partial charge in [0.2, 0.25) is 0 Å². The molecule has 10 heavy (non-hydrogen) atoms. The van der Waals surface area contributed by atoms with Gasteiger partial charge < -0.3 is 10.7 Å². The van der Waals surface area contributed by atoms with Crippen molar-refractivity contribution < 1.29 is 0 Å². The zero-order valence-corrected chi connectivity index (χ0v) is 6.57. The second-order valence-electron chi connectivity index (χ2n) is 2.01. The van der Waals surface area contributed by atoms with E-state index >= 15 is 0 Å². The Balaban J connectivity index is 2.92. The molecular formula is C6H10ClN3. The number of aryl methyl sites for hydroxylation is 1. The fourth-order valence-electron chi connectivity index (χ4n) is 0.771. The van der Waals surface area contributed by atoms with Gasteiger partial charge >= 0.3 is 0 Å². The molecule has 0 aliphatic rings. The molecule has 1 aromatic rings. The van der Waals surface area contributed by atoms with Gasteiger partial charge in [-0.05, 0) is 6.42 Å². The van der Waals surface area contributed by atoms with Crippen molar-refractivity contribution in [1.29, 1.82) is 0 Å². The van der Waals surface area contributed by atoms with Crippen LogP contribution in [-0.2, 0) is 13.0 Å². The summed E-state index contributed by atoms with van der Waals surface area (Å²) in [5.74, 6) is 0.752. The summed E-state index contributed by atoms with van der Waals surface area (Å²) in [7, 11) is 0. The summed E-state index contributed by atoms with van der Waals surface area (Å²) in [4.78, 5) is 7.00. The number of aromatic amines is 1. The van der Waals surface area contributed by atoms with Crippen molar-refractivity contribution in [3.63, 3.8) is 0 Å². The lowest BCUT2D eigenvalue weighted by Gasteiger charge is -1.86. The van der Waals surface area contributed by atoms with Crippen LogP contribution < -0.4 is 5.73 Å². The summed E-state index contributed by atoms with van der Waals surface area (Å²) >= 11 is 5.73. The standard InChI is InChI=1S/C6H10ClN3/c1-2-4-6(7)10-5(3-8)9-4/h2-3,8H2,1H3,(H,9,10). The van der Waals surface area contributed by atoms with Gasteiger partial charge in [-0.1, -0.05) is 18.5 Å². The average Bonchev–Trinajstić information content (AvgIpc) is 2.30. The van der Waals surface area contributed by atoms with Crippen LogP contribution in [0.4, 0.5) is 0 Å². The third-order valence-electron chi connectivity index (χ3n) is 1.32. The molecule has 0 bridgehead atoms.